The molecule has 2 N–H and O–H groups in total. The van der Waals surface area contributed by atoms with Gasteiger partial charge in [-0.1, -0.05) is 18.2 Å². The van der Waals surface area contributed by atoms with Gasteiger partial charge in [0.2, 0.25) is 0 Å². The first kappa shape index (κ1) is 20.7. The van der Waals surface area contributed by atoms with E-state index >= 15 is 0 Å². The van der Waals surface area contributed by atoms with Crippen LogP contribution < -0.4 is 15.5 Å². The quantitative estimate of drug-likeness (QED) is 0.476. The maximum Gasteiger partial charge on any atom is 0.271 e. The topological polar surface area (TPSA) is 79.8 Å². The molecular weight excluding hydrogens is 385 g/mol. The summed E-state index contributed by atoms with van der Waals surface area (Å²) in [5, 5.41) is 6.87. The normalized spacial score (nSPS) is 11.0. The molecule has 0 aliphatic heterocycles. The Hall–Kier alpha value is -4.00. The van der Waals surface area contributed by atoms with Gasteiger partial charge >= 0.3 is 0 Å². The molecule has 3 aromatic carbocycles. The van der Waals surface area contributed by atoms with Crippen LogP contribution in [0.5, 0.6) is 5.75 Å². The van der Waals surface area contributed by atoms with Gasteiger partial charge in [-0.05, 0) is 67.1 Å². The standard InChI is InChI=1S/C23H20FN3O3/c1-15(26-27-23(29)18-4-3-5-21(14-18)30-2)16-8-12-20(13-9-16)25-22(28)17-6-10-19(24)11-7-17/h3-14H,1-2H3,(H,25,28)(H,27,29)/b26-15-. The molecule has 3 rings (SSSR count). The number of hydrogen-bond donors (Lipinski definition) is 2. The molecule has 0 fully saturated rings. The summed E-state index contributed by atoms with van der Waals surface area (Å²) in [4.78, 5) is 24.4. The third-order valence-electron chi connectivity index (χ3n) is 4.32. The molecule has 0 heterocycles. The average molecular weight is 405 g/mol. The number of ether oxygens (including phenoxy) is 1. The summed E-state index contributed by atoms with van der Waals surface area (Å²) in [5.41, 5.74) is 5.27. The number of hydrogen-bond acceptors (Lipinski definition) is 4. The lowest BCUT2D eigenvalue weighted by atomic mass is 10.1. The minimum absolute atomic E-state index is 0.335. The van der Waals surface area contributed by atoms with Crippen LogP contribution in [-0.2, 0) is 0 Å². The molecule has 0 saturated heterocycles. The van der Waals surface area contributed by atoms with Gasteiger partial charge in [-0.2, -0.15) is 5.10 Å². The minimum Gasteiger partial charge on any atom is -0.497 e. The van der Waals surface area contributed by atoms with E-state index in [1.54, 1.807) is 55.5 Å². The van der Waals surface area contributed by atoms with Gasteiger partial charge in [0.1, 0.15) is 11.6 Å². The molecule has 0 aliphatic carbocycles. The highest BCUT2D eigenvalue weighted by Gasteiger charge is 2.08. The van der Waals surface area contributed by atoms with Gasteiger partial charge in [0.15, 0.2) is 0 Å². The Bertz CT molecular complexity index is 1080. The van der Waals surface area contributed by atoms with Gasteiger partial charge < -0.3 is 10.1 Å². The molecule has 0 radical (unpaired) electrons. The Morgan fingerprint density at radius 1 is 0.867 bits per heavy atom. The van der Waals surface area contributed by atoms with Crippen molar-refractivity contribution < 1.29 is 18.7 Å². The summed E-state index contributed by atoms with van der Waals surface area (Å²) >= 11 is 0. The van der Waals surface area contributed by atoms with Crippen LogP contribution in [0.4, 0.5) is 10.1 Å². The van der Waals surface area contributed by atoms with E-state index in [9.17, 15) is 14.0 Å². The van der Waals surface area contributed by atoms with Crippen molar-refractivity contribution in [3.8, 4) is 5.75 Å². The third kappa shape index (κ3) is 5.29. The van der Waals surface area contributed by atoms with Gasteiger partial charge in [0.05, 0.1) is 12.8 Å². The predicted octanol–water partition coefficient (Wildman–Crippen LogP) is 4.24. The number of carbonyl (C=O) groups is 2. The predicted molar refractivity (Wildman–Crippen MR) is 113 cm³/mol. The average Bonchev–Trinajstić information content (AvgIpc) is 2.78. The maximum absolute atomic E-state index is 13.0. The number of amides is 2. The Morgan fingerprint density at radius 3 is 2.20 bits per heavy atom. The molecule has 2 amide bonds. The smallest absolute Gasteiger partial charge is 0.271 e. The monoisotopic (exact) mass is 405 g/mol. The zero-order valence-corrected chi connectivity index (χ0v) is 16.5. The molecule has 0 atom stereocenters. The fourth-order valence-electron chi connectivity index (χ4n) is 2.63. The Balaban J connectivity index is 1.62. The molecule has 0 saturated carbocycles. The van der Waals surface area contributed by atoms with Crippen molar-refractivity contribution in [2.45, 2.75) is 6.92 Å². The van der Waals surface area contributed by atoms with E-state index in [1.165, 1.54) is 31.4 Å². The van der Waals surface area contributed by atoms with E-state index in [-0.39, 0.29) is 11.8 Å². The van der Waals surface area contributed by atoms with E-state index in [0.29, 0.717) is 28.3 Å². The molecule has 152 valence electrons. The molecule has 0 aliphatic rings. The molecule has 0 spiro atoms. The van der Waals surface area contributed by atoms with Crippen molar-refractivity contribution in [3.63, 3.8) is 0 Å². The number of halogens is 1. The second-order valence-corrected chi connectivity index (χ2v) is 6.41. The third-order valence-corrected chi connectivity index (χ3v) is 4.32. The summed E-state index contributed by atoms with van der Waals surface area (Å²) in [5.74, 6) is -0.499. The number of rotatable bonds is 6. The van der Waals surface area contributed by atoms with E-state index in [1.807, 2.05) is 0 Å². The Labute approximate surface area is 173 Å². The van der Waals surface area contributed by atoms with Crippen LogP contribution in [0.15, 0.2) is 77.9 Å². The maximum atomic E-state index is 13.0. The highest BCUT2D eigenvalue weighted by atomic mass is 19.1. The van der Waals surface area contributed by atoms with Gasteiger partial charge in [-0.25, -0.2) is 9.82 Å². The van der Waals surface area contributed by atoms with E-state index in [0.717, 1.165) is 5.56 Å². The largest absolute Gasteiger partial charge is 0.497 e. The number of benzene rings is 3. The van der Waals surface area contributed by atoms with Crippen LogP contribution in [0.25, 0.3) is 0 Å². The van der Waals surface area contributed by atoms with E-state index in [4.69, 9.17) is 4.74 Å². The summed E-state index contributed by atoms with van der Waals surface area (Å²) in [7, 11) is 1.53. The van der Waals surface area contributed by atoms with Gasteiger partial charge in [0, 0.05) is 16.8 Å². The zero-order chi connectivity index (χ0) is 21.5. The summed E-state index contributed by atoms with van der Waals surface area (Å²) in [6.45, 7) is 1.76. The lowest BCUT2D eigenvalue weighted by molar-refractivity contribution is 0.0953. The minimum atomic E-state index is -0.399. The Kier molecular flexibility index (Phi) is 6.54. The first-order valence-corrected chi connectivity index (χ1v) is 9.12. The molecule has 0 unspecified atom stereocenters. The van der Waals surface area contributed by atoms with Crippen LogP contribution in [0.1, 0.15) is 33.2 Å². The van der Waals surface area contributed by atoms with Crippen LogP contribution in [-0.4, -0.2) is 24.6 Å². The van der Waals surface area contributed by atoms with Gasteiger partial charge in [-0.15, -0.1) is 0 Å². The molecule has 3 aromatic rings. The number of anilines is 1. The number of methoxy groups -OCH3 is 1. The molecule has 30 heavy (non-hydrogen) atoms. The lowest BCUT2D eigenvalue weighted by Gasteiger charge is -2.07. The fourth-order valence-corrected chi connectivity index (χ4v) is 2.63. The summed E-state index contributed by atoms with van der Waals surface area (Å²) in [6, 6.07) is 19.1. The Morgan fingerprint density at radius 2 is 1.53 bits per heavy atom. The van der Waals surface area contributed by atoms with E-state index < -0.39 is 5.82 Å². The number of carbonyl (C=O) groups excluding carboxylic acids is 2. The second-order valence-electron chi connectivity index (χ2n) is 6.41. The van der Waals surface area contributed by atoms with Crippen molar-refractivity contribution >= 4 is 23.2 Å². The highest BCUT2D eigenvalue weighted by molar-refractivity contribution is 6.05. The van der Waals surface area contributed by atoms with E-state index in [2.05, 4.69) is 15.8 Å². The SMILES string of the molecule is COc1cccc(C(=O)N/N=C(/C)c2ccc(NC(=O)c3ccc(F)cc3)cc2)c1. The van der Waals surface area contributed by atoms with Crippen LogP contribution in [0, 0.1) is 5.82 Å². The fraction of sp³-hybridized carbons (Fsp3) is 0.0870. The van der Waals surface area contributed by atoms with Crippen molar-refractivity contribution in [2.75, 3.05) is 12.4 Å². The number of nitrogens with zero attached hydrogens (tertiary/aromatic N) is 1. The number of hydrazone groups is 1. The first-order chi connectivity index (χ1) is 14.5. The van der Waals surface area contributed by atoms with Crippen molar-refractivity contribution in [2.24, 2.45) is 5.10 Å². The highest BCUT2D eigenvalue weighted by Crippen LogP contribution is 2.14. The molecule has 0 aromatic heterocycles. The zero-order valence-electron chi connectivity index (χ0n) is 16.5. The summed E-state index contributed by atoms with van der Waals surface area (Å²) < 4.78 is 18.1. The first-order valence-electron chi connectivity index (χ1n) is 9.12. The number of nitrogens with one attached hydrogen (secondary N) is 2. The lowest BCUT2D eigenvalue weighted by Crippen LogP contribution is -2.19. The van der Waals surface area contributed by atoms with Crippen LogP contribution in [0.2, 0.25) is 0 Å². The molecule has 6 nitrogen and oxygen atoms in total. The van der Waals surface area contributed by atoms with Gasteiger partial charge in [-0.3, -0.25) is 9.59 Å². The van der Waals surface area contributed by atoms with Gasteiger partial charge in [0.25, 0.3) is 11.8 Å². The molecule has 7 heteroatoms. The second kappa shape index (κ2) is 9.47. The van der Waals surface area contributed by atoms with Crippen molar-refractivity contribution in [3.05, 3.63) is 95.3 Å². The molecular formula is C23H20FN3O3. The van der Waals surface area contributed by atoms with Crippen molar-refractivity contribution in [1.82, 2.24) is 5.43 Å². The van der Waals surface area contributed by atoms with Crippen molar-refractivity contribution in [1.29, 1.82) is 0 Å². The van der Waals surface area contributed by atoms with Crippen LogP contribution in [0.3, 0.4) is 0 Å². The summed E-state index contributed by atoms with van der Waals surface area (Å²) in [6.07, 6.45) is 0. The van der Waals surface area contributed by atoms with Crippen LogP contribution >= 0.6 is 0 Å². The molecule has 0 bridgehead atoms.